The number of hydrogen-bond donors (Lipinski definition) is 2. The highest BCUT2D eigenvalue weighted by Crippen LogP contribution is 2.35. The number of sulfonamides is 1. The number of halogens is 1. The summed E-state index contributed by atoms with van der Waals surface area (Å²) in [6, 6.07) is 2.77. The Hall–Kier alpha value is -2.76. The molecule has 4 heterocycles. The first-order chi connectivity index (χ1) is 13.3. The van der Waals surface area contributed by atoms with Crippen LogP contribution in [0.5, 0.6) is 0 Å². The van der Waals surface area contributed by atoms with Gasteiger partial charge in [0.15, 0.2) is 0 Å². The number of carbonyl (C=O) groups is 1. The van der Waals surface area contributed by atoms with Gasteiger partial charge in [0.1, 0.15) is 28.6 Å². The van der Waals surface area contributed by atoms with Crippen molar-refractivity contribution in [3.8, 4) is 0 Å². The first-order valence-corrected chi connectivity index (χ1v) is 10.1. The van der Waals surface area contributed by atoms with Crippen molar-refractivity contribution in [1.82, 2.24) is 9.88 Å². The van der Waals surface area contributed by atoms with Crippen LogP contribution in [0, 0.1) is 6.92 Å². The Labute approximate surface area is 173 Å². The maximum Gasteiger partial charge on any atom is 0.261 e. The molecule has 0 saturated heterocycles. The average Bonchev–Trinajstić information content (AvgIpc) is 3.20. The lowest BCUT2D eigenvalue weighted by molar-refractivity contribution is 0.102. The molecule has 154 valence electrons. The number of nitrogens with two attached hydrogens (primary N) is 1. The summed E-state index contributed by atoms with van der Waals surface area (Å²) in [5.41, 5.74) is 0.874. The number of anilines is 1. The Morgan fingerprint density at radius 2 is 2.17 bits per heavy atom. The van der Waals surface area contributed by atoms with Crippen molar-refractivity contribution >= 4 is 52.2 Å². The van der Waals surface area contributed by atoms with E-state index in [0.29, 0.717) is 35.2 Å². The number of amides is 1. The van der Waals surface area contributed by atoms with E-state index in [1.165, 1.54) is 12.1 Å². The maximum absolute atomic E-state index is 12.9. The monoisotopic (exact) mass is 438 g/mol. The number of pyridine rings is 1. The zero-order valence-corrected chi connectivity index (χ0v) is 17.2. The number of nitrogens with zero attached hydrogens (tertiary/aromatic N) is 4. The van der Waals surface area contributed by atoms with E-state index in [0.717, 1.165) is 12.6 Å². The number of hydrogen-bond acceptors (Lipinski definition) is 8. The van der Waals surface area contributed by atoms with Crippen LogP contribution in [0.25, 0.3) is 0 Å². The van der Waals surface area contributed by atoms with Crippen LogP contribution in [-0.4, -0.2) is 49.0 Å². The number of fused-ring (bicyclic) bond motifs is 3. The number of aryl methyl sites for hydroxylation is 1. The maximum atomic E-state index is 12.9. The number of rotatable bonds is 4. The lowest BCUT2D eigenvalue weighted by Gasteiger charge is -2.18. The SMILES string of the molecule is CCC1CN2C=Nc3oc(C)c(C(=O)Nc4ccc(S(N)(=O)=O)cn4)c3C2=N1.Cl. The molecule has 0 aromatic carbocycles. The molecule has 3 N–H and O–H groups in total. The van der Waals surface area contributed by atoms with Crippen LogP contribution < -0.4 is 10.5 Å². The summed E-state index contributed by atoms with van der Waals surface area (Å²) < 4.78 is 28.3. The van der Waals surface area contributed by atoms with Gasteiger partial charge in [0, 0.05) is 12.7 Å². The Balaban J connectivity index is 0.00000240. The Morgan fingerprint density at radius 1 is 1.41 bits per heavy atom. The molecule has 10 nitrogen and oxygen atoms in total. The van der Waals surface area contributed by atoms with Crippen molar-refractivity contribution < 1.29 is 17.6 Å². The fourth-order valence-electron chi connectivity index (χ4n) is 3.16. The lowest BCUT2D eigenvalue weighted by atomic mass is 10.1. The van der Waals surface area contributed by atoms with Gasteiger partial charge in [-0.25, -0.2) is 23.5 Å². The third-order valence-electron chi connectivity index (χ3n) is 4.59. The van der Waals surface area contributed by atoms with Gasteiger partial charge >= 0.3 is 0 Å². The molecule has 0 bridgehead atoms. The first-order valence-electron chi connectivity index (χ1n) is 8.60. The van der Waals surface area contributed by atoms with Crippen LogP contribution >= 0.6 is 12.4 Å². The van der Waals surface area contributed by atoms with Crippen LogP contribution in [0.2, 0.25) is 0 Å². The van der Waals surface area contributed by atoms with Crippen LogP contribution in [-0.2, 0) is 10.0 Å². The highest BCUT2D eigenvalue weighted by Gasteiger charge is 2.36. The highest BCUT2D eigenvalue weighted by atomic mass is 35.5. The third kappa shape index (κ3) is 3.76. The van der Waals surface area contributed by atoms with Gasteiger partial charge in [0.25, 0.3) is 5.91 Å². The van der Waals surface area contributed by atoms with Gasteiger partial charge in [-0.1, -0.05) is 6.92 Å². The summed E-state index contributed by atoms with van der Waals surface area (Å²) in [6.45, 7) is 4.43. The minimum absolute atomic E-state index is 0. The number of furan rings is 1. The second-order valence-corrected chi connectivity index (χ2v) is 8.06. The fraction of sp³-hybridized carbons (Fsp3) is 0.294. The lowest BCUT2D eigenvalue weighted by Crippen LogP contribution is -2.31. The van der Waals surface area contributed by atoms with Crippen molar-refractivity contribution in [1.29, 1.82) is 0 Å². The summed E-state index contributed by atoms with van der Waals surface area (Å²) in [7, 11) is -3.86. The van der Waals surface area contributed by atoms with Gasteiger partial charge in [0.2, 0.25) is 15.9 Å². The van der Waals surface area contributed by atoms with Gasteiger partial charge in [-0.3, -0.25) is 9.79 Å². The third-order valence-corrected chi connectivity index (χ3v) is 5.49. The van der Waals surface area contributed by atoms with Gasteiger partial charge in [-0.15, -0.1) is 12.4 Å². The second kappa shape index (κ2) is 7.58. The minimum atomic E-state index is -3.86. The van der Waals surface area contributed by atoms with Crippen molar-refractivity contribution in [2.75, 3.05) is 11.9 Å². The largest absolute Gasteiger partial charge is 0.442 e. The zero-order valence-electron chi connectivity index (χ0n) is 15.6. The number of aliphatic imine (C=N–C) groups is 2. The standard InChI is InChI=1S/C17H18N6O4S.ClH/c1-3-10-7-23-8-20-17-14(15(23)21-10)13(9(2)27-17)16(24)22-12-5-4-11(6-19-12)28(18,25)26;/h4-6,8,10H,3,7H2,1-2H3,(H2,18,25,26)(H,19,22,24);1H. The van der Waals surface area contributed by atoms with Crippen LogP contribution in [0.4, 0.5) is 11.7 Å². The summed E-state index contributed by atoms with van der Waals surface area (Å²) in [5, 5.41) is 7.70. The van der Waals surface area contributed by atoms with Crippen LogP contribution in [0.3, 0.4) is 0 Å². The molecule has 0 aliphatic carbocycles. The normalized spacial score (nSPS) is 17.3. The number of nitrogens with one attached hydrogen (secondary N) is 1. The van der Waals surface area contributed by atoms with Crippen molar-refractivity contribution in [3.05, 3.63) is 35.2 Å². The van der Waals surface area contributed by atoms with E-state index >= 15 is 0 Å². The number of amidine groups is 1. The molecule has 0 radical (unpaired) electrons. The zero-order chi connectivity index (χ0) is 20.1. The summed E-state index contributed by atoms with van der Waals surface area (Å²) in [4.78, 5) is 27.6. The Kier molecular flexibility index (Phi) is 5.48. The fourth-order valence-corrected chi connectivity index (χ4v) is 3.61. The molecule has 2 aliphatic rings. The molecule has 2 aliphatic heterocycles. The number of carbonyl (C=O) groups excluding carboxylic acids is 1. The van der Waals surface area contributed by atoms with Gasteiger partial charge in [0.05, 0.1) is 17.2 Å². The molecule has 1 atom stereocenters. The molecule has 0 fully saturated rings. The van der Waals surface area contributed by atoms with E-state index in [9.17, 15) is 13.2 Å². The second-order valence-electron chi connectivity index (χ2n) is 6.50. The van der Waals surface area contributed by atoms with Crippen molar-refractivity contribution in [2.24, 2.45) is 15.1 Å². The minimum Gasteiger partial charge on any atom is -0.442 e. The van der Waals surface area contributed by atoms with Gasteiger partial charge in [-0.05, 0) is 25.5 Å². The highest BCUT2D eigenvalue weighted by molar-refractivity contribution is 7.89. The molecule has 2 aromatic rings. The van der Waals surface area contributed by atoms with Gasteiger partial charge < -0.3 is 14.6 Å². The molecular formula is C17H19ClN6O4S. The predicted octanol–water partition coefficient (Wildman–Crippen LogP) is 1.82. The van der Waals surface area contributed by atoms with E-state index in [-0.39, 0.29) is 29.2 Å². The Morgan fingerprint density at radius 3 is 2.79 bits per heavy atom. The van der Waals surface area contributed by atoms with E-state index in [1.807, 2.05) is 4.90 Å². The molecule has 1 amide bonds. The first kappa shape index (κ1) is 21.0. The molecule has 29 heavy (non-hydrogen) atoms. The van der Waals surface area contributed by atoms with E-state index in [2.05, 4.69) is 27.2 Å². The summed E-state index contributed by atoms with van der Waals surface area (Å²) >= 11 is 0. The van der Waals surface area contributed by atoms with E-state index in [1.54, 1.807) is 13.3 Å². The van der Waals surface area contributed by atoms with Crippen LogP contribution in [0.1, 0.15) is 35.0 Å². The van der Waals surface area contributed by atoms with E-state index in [4.69, 9.17) is 9.56 Å². The molecule has 0 spiro atoms. The Bertz CT molecular complexity index is 1120. The summed E-state index contributed by atoms with van der Waals surface area (Å²) in [6.07, 6.45) is 3.62. The molecule has 4 rings (SSSR count). The topological polar surface area (TPSA) is 143 Å². The quantitative estimate of drug-likeness (QED) is 0.745. The smallest absolute Gasteiger partial charge is 0.261 e. The van der Waals surface area contributed by atoms with Crippen molar-refractivity contribution in [2.45, 2.75) is 31.2 Å². The molecular weight excluding hydrogens is 420 g/mol. The van der Waals surface area contributed by atoms with Crippen LogP contribution in [0.15, 0.2) is 37.6 Å². The average molecular weight is 439 g/mol. The predicted molar refractivity (Wildman–Crippen MR) is 110 cm³/mol. The summed E-state index contributed by atoms with van der Waals surface area (Å²) in [5.74, 6) is 1.15. The van der Waals surface area contributed by atoms with Crippen molar-refractivity contribution in [3.63, 3.8) is 0 Å². The number of primary sulfonamides is 1. The molecule has 1 unspecified atom stereocenters. The molecule has 2 aromatic heterocycles. The number of aromatic nitrogens is 1. The van der Waals surface area contributed by atoms with E-state index < -0.39 is 15.9 Å². The molecule has 12 heteroatoms. The molecule has 0 saturated carbocycles. The van der Waals surface area contributed by atoms with Gasteiger partial charge in [-0.2, -0.15) is 0 Å².